The molecule has 0 heterocycles. The Morgan fingerprint density at radius 2 is 1.61 bits per heavy atom. The third kappa shape index (κ3) is 5.01. The highest BCUT2D eigenvalue weighted by molar-refractivity contribution is 5.93. The van der Waals surface area contributed by atoms with E-state index in [1.807, 2.05) is 48.5 Å². The van der Waals surface area contributed by atoms with Crippen LogP contribution in [0.5, 0.6) is 0 Å². The lowest BCUT2D eigenvalue weighted by atomic mass is 9.95. The molecule has 1 aliphatic carbocycles. The summed E-state index contributed by atoms with van der Waals surface area (Å²) in [6.07, 6.45) is -0.375. The molecule has 2 atom stereocenters. The molecule has 8 nitrogen and oxygen atoms in total. The van der Waals surface area contributed by atoms with E-state index in [4.69, 9.17) is 9.47 Å². The summed E-state index contributed by atoms with van der Waals surface area (Å²) in [5, 5.41) is 14.4. The van der Waals surface area contributed by atoms with Crippen molar-refractivity contribution in [1.82, 2.24) is 10.6 Å². The van der Waals surface area contributed by atoms with Crippen LogP contribution in [0.1, 0.15) is 43.7 Å². The van der Waals surface area contributed by atoms with Crippen LogP contribution in [-0.4, -0.2) is 55.0 Å². The van der Waals surface area contributed by atoms with E-state index in [1.54, 1.807) is 13.8 Å². The van der Waals surface area contributed by atoms with E-state index in [-0.39, 0.29) is 32.0 Å². The van der Waals surface area contributed by atoms with Gasteiger partial charge in [-0.15, -0.1) is 0 Å². The van der Waals surface area contributed by atoms with Gasteiger partial charge in [0.25, 0.3) is 0 Å². The molecule has 1 unspecified atom stereocenters. The number of hydrogen-bond donors (Lipinski definition) is 3. The molecule has 0 saturated carbocycles. The number of methoxy groups -OCH3 is 1. The highest BCUT2D eigenvalue weighted by Crippen LogP contribution is 2.44. The minimum atomic E-state index is -1.46. The van der Waals surface area contributed by atoms with Crippen LogP contribution < -0.4 is 10.6 Å². The van der Waals surface area contributed by atoms with E-state index in [0.717, 1.165) is 22.3 Å². The molecular weight excluding hydrogens is 424 g/mol. The van der Waals surface area contributed by atoms with Gasteiger partial charge in [-0.2, -0.15) is 0 Å². The van der Waals surface area contributed by atoms with Gasteiger partial charge in [-0.3, -0.25) is 4.79 Å². The van der Waals surface area contributed by atoms with Crippen LogP contribution in [0.25, 0.3) is 11.1 Å². The van der Waals surface area contributed by atoms with Gasteiger partial charge in [0.05, 0.1) is 6.61 Å². The van der Waals surface area contributed by atoms with Crippen LogP contribution in [0.4, 0.5) is 4.79 Å². The number of alkyl carbamates (subject to hydrolysis) is 1. The fraction of sp³-hybridized carbons (Fsp3) is 0.400. The quantitative estimate of drug-likeness (QED) is 0.508. The Morgan fingerprint density at radius 3 is 2.09 bits per heavy atom. The zero-order valence-corrected chi connectivity index (χ0v) is 19.1. The monoisotopic (exact) mass is 454 g/mol. The standard InChI is InChI=1S/C25H30N2O6/c1-4-21(22(28)29)26-23(30)25(5-2,15-32-3)27-24(31)33-14-20-18-12-8-6-10-16(18)17-11-7-9-13-19(17)20/h6-13,20-21H,4-5,14-15H2,1-3H3,(H,26,30)(H,27,31)(H,28,29)/t21-,25?/m1/s1. The molecular formula is C25H30N2O6. The number of fused-ring (bicyclic) bond motifs is 3. The Labute approximate surface area is 193 Å². The van der Waals surface area contributed by atoms with Crippen LogP contribution in [0, 0.1) is 0 Å². The summed E-state index contributed by atoms with van der Waals surface area (Å²) in [5.74, 6) is -1.89. The molecule has 2 aromatic rings. The summed E-state index contributed by atoms with van der Waals surface area (Å²) in [4.78, 5) is 37.1. The zero-order valence-electron chi connectivity index (χ0n) is 19.1. The predicted molar refractivity (Wildman–Crippen MR) is 123 cm³/mol. The number of nitrogens with one attached hydrogen (secondary N) is 2. The van der Waals surface area contributed by atoms with Gasteiger partial charge in [0.2, 0.25) is 5.91 Å². The predicted octanol–water partition coefficient (Wildman–Crippen LogP) is 3.30. The van der Waals surface area contributed by atoms with Crippen molar-refractivity contribution >= 4 is 18.0 Å². The number of carbonyl (C=O) groups excluding carboxylic acids is 2. The number of amides is 2. The molecule has 3 rings (SSSR count). The highest BCUT2D eigenvalue weighted by atomic mass is 16.5. The molecule has 0 fully saturated rings. The Hall–Kier alpha value is -3.39. The van der Waals surface area contributed by atoms with Gasteiger partial charge >= 0.3 is 12.1 Å². The number of ether oxygens (including phenoxy) is 2. The first-order chi connectivity index (χ1) is 15.9. The number of rotatable bonds is 10. The molecule has 33 heavy (non-hydrogen) atoms. The summed E-state index contributed by atoms with van der Waals surface area (Å²) in [6.45, 7) is 3.34. The molecule has 1 aliphatic rings. The van der Waals surface area contributed by atoms with Crippen LogP contribution in [0.15, 0.2) is 48.5 Å². The molecule has 8 heteroatoms. The third-order valence-corrected chi connectivity index (χ3v) is 6.13. The average molecular weight is 455 g/mol. The molecule has 176 valence electrons. The van der Waals surface area contributed by atoms with Gasteiger partial charge < -0.3 is 25.2 Å². The maximum absolute atomic E-state index is 13.0. The average Bonchev–Trinajstić information content (AvgIpc) is 3.14. The second-order valence-electron chi connectivity index (χ2n) is 8.09. The number of carboxylic acid groups (broad SMARTS) is 1. The fourth-order valence-electron chi connectivity index (χ4n) is 4.22. The van der Waals surface area contributed by atoms with Gasteiger partial charge in [-0.05, 0) is 35.1 Å². The summed E-state index contributed by atoms with van der Waals surface area (Å²) in [5.41, 5.74) is 2.93. The van der Waals surface area contributed by atoms with E-state index in [9.17, 15) is 19.5 Å². The summed E-state index contributed by atoms with van der Waals surface area (Å²) >= 11 is 0. The lowest BCUT2D eigenvalue weighted by molar-refractivity contribution is -0.143. The first-order valence-corrected chi connectivity index (χ1v) is 11.0. The van der Waals surface area contributed by atoms with Crippen molar-refractivity contribution < 1.29 is 29.0 Å². The molecule has 0 saturated heterocycles. The molecule has 0 aliphatic heterocycles. The van der Waals surface area contributed by atoms with E-state index in [2.05, 4.69) is 10.6 Å². The van der Waals surface area contributed by atoms with E-state index in [0.29, 0.717) is 0 Å². The van der Waals surface area contributed by atoms with Crippen molar-refractivity contribution in [2.75, 3.05) is 20.3 Å². The fourth-order valence-corrected chi connectivity index (χ4v) is 4.22. The summed E-state index contributed by atoms with van der Waals surface area (Å²) in [6, 6.07) is 14.9. The number of benzene rings is 2. The zero-order chi connectivity index (χ0) is 24.0. The van der Waals surface area contributed by atoms with Gasteiger partial charge in [0.1, 0.15) is 18.2 Å². The maximum Gasteiger partial charge on any atom is 0.408 e. The molecule has 0 aromatic heterocycles. The van der Waals surface area contributed by atoms with Crippen molar-refractivity contribution in [2.45, 2.75) is 44.2 Å². The lowest BCUT2D eigenvalue weighted by Crippen LogP contribution is -2.63. The van der Waals surface area contributed by atoms with Gasteiger partial charge in [-0.25, -0.2) is 9.59 Å². The Bertz CT molecular complexity index is 978. The molecule has 3 N–H and O–H groups in total. The summed E-state index contributed by atoms with van der Waals surface area (Å²) in [7, 11) is 1.41. The second kappa shape index (κ2) is 10.5. The SMILES string of the molecule is CC[C@@H](NC(=O)C(CC)(COC)NC(=O)OCC1c2ccccc2-c2ccccc21)C(=O)O. The Morgan fingerprint density at radius 1 is 1.03 bits per heavy atom. The van der Waals surface area contributed by atoms with Crippen LogP contribution in [0.2, 0.25) is 0 Å². The number of hydrogen-bond acceptors (Lipinski definition) is 5. The minimum Gasteiger partial charge on any atom is -0.480 e. The van der Waals surface area contributed by atoms with E-state index < -0.39 is 29.6 Å². The smallest absolute Gasteiger partial charge is 0.408 e. The van der Waals surface area contributed by atoms with E-state index in [1.165, 1.54) is 7.11 Å². The van der Waals surface area contributed by atoms with Crippen LogP contribution in [-0.2, 0) is 19.1 Å². The Balaban J connectivity index is 1.74. The normalized spacial score (nSPS) is 15.0. The molecule has 0 bridgehead atoms. The second-order valence-corrected chi connectivity index (χ2v) is 8.09. The lowest BCUT2D eigenvalue weighted by Gasteiger charge is -2.32. The first-order valence-electron chi connectivity index (χ1n) is 11.0. The van der Waals surface area contributed by atoms with Crippen LogP contribution >= 0.6 is 0 Å². The molecule has 2 amide bonds. The molecule has 0 radical (unpaired) electrons. The number of aliphatic carboxylic acids is 1. The van der Waals surface area contributed by atoms with Gasteiger partial charge in [0, 0.05) is 13.0 Å². The topological polar surface area (TPSA) is 114 Å². The number of carbonyl (C=O) groups is 3. The minimum absolute atomic E-state index is 0.0982. The van der Waals surface area contributed by atoms with E-state index >= 15 is 0 Å². The van der Waals surface area contributed by atoms with Crippen molar-refractivity contribution in [2.24, 2.45) is 0 Å². The van der Waals surface area contributed by atoms with Crippen LogP contribution in [0.3, 0.4) is 0 Å². The molecule has 2 aromatic carbocycles. The molecule has 0 spiro atoms. The van der Waals surface area contributed by atoms with Crippen molar-refractivity contribution in [3.05, 3.63) is 59.7 Å². The van der Waals surface area contributed by atoms with Crippen molar-refractivity contribution in [3.8, 4) is 11.1 Å². The maximum atomic E-state index is 13.0. The van der Waals surface area contributed by atoms with Gasteiger partial charge in [0.15, 0.2) is 0 Å². The third-order valence-electron chi connectivity index (χ3n) is 6.13. The summed E-state index contributed by atoms with van der Waals surface area (Å²) < 4.78 is 10.8. The van der Waals surface area contributed by atoms with Gasteiger partial charge in [-0.1, -0.05) is 62.4 Å². The number of carboxylic acids is 1. The first kappa shape index (κ1) is 24.3. The highest BCUT2D eigenvalue weighted by Gasteiger charge is 2.41. The van der Waals surface area contributed by atoms with Crippen molar-refractivity contribution in [3.63, 3.8) is 0 Å². The Kier molecular flexibility index (Phi) is 7.71. The van der Waals surface area contributed by atoms with Crippen molar-refractivity contribution in [1.29, 1.82) is 0 Å². The largest absolute Gasteiger partial charge is 0.480 e.